The minimum Gasteiger partial charge on any atom is -0.364 e. The molecule has 0 saturated carbocycles. The van der Waals surface area contributed by atoms with Gasteiger partial charge >= 0.3 is 0 Å². The van der Waals surface area contributed by atoms with Gasteiger partial charge in [-0.3, -0.25) is 4.98 Å². The second-order valence-corrected chi connectivity index (χ2v) is 6.35. The van der Waals surface area contributed by atoms with Crippen LogP contribution in [0.15, 0.2) is 30.5 Å². The molecule has 118 valence electrons. The number of nitrogens with one attached hydrogen (secondary N) is 1. The summed E-state index contributed by atoms with van der Waals surface area (Å²) in [4.78, 5) is 13.7. The Morgan fingerprint density at radius 1 is 1.17 bits per heavy atom. The van der Waals surface area contributed by atoms with Gasteiger partial charge in [0.2, 0.25) is 0 Å². The largest absolute Gasteiger partial charge is 0.364 e. The Morgan fingerprint density at radius 3 is 2.83 bits per heavy atom. The fourth-order valence-corrected chi connectivity index (χ4v) is 2.93. The van der Waals surface area contributed by atoms with Gasteiger partial charge in [0.05, 0.1) is 23.8 Å². The predicted octanol–water partition coefficient (Wildman–Crippen LogP) is 2.77. The van der Waals surface area contributed by atoms with Gasteiger partial charge in [-0.2, -0.15) is 5.10 Å². The Kier molecular flexibility index (Phi) is 3.44. The van der Waals surface area contributed by atoms with Crippen LogP contribution in [0.1, 0.15) is 37.8 Å². The molecule has 1 atom stereocenters. The summed E-state index contributed by atoms with van der Waals surface area (Å²) >= 11 is 0. The maximum Gasteiger partial charge on any atom is 0.153 e. The van der Waals surface area contributed by atoms with E-state index in [0.29, 0.717) is 12.0 Å². The van der Waals surface area contributed by atoms with Crippen molar-refractivity contribution in [2.75, 3.05) is 5.32 Å². The molecule has 0 fully saturated rings. The molecular formula is C17H20N6. The van der Waals surface area contributed by atoms with E-state index in [1.165, 1.54) is 0 Å². The number of aromatic nitrogens is 5. The first-order valence-corrected chi connectivity index (χ1v) is 8.11. The van der Waals surface area contributed by atoms with E-state index >= 15 is 0 Å². The van der Waals surface area contributed by atoms with E-state index in [-0.39, 0.29) is 0 Å². The quantitative estimate of drug-likeness (QED) is 0.806. The van der Waals surface area contributed by atoms with Gasteiger partial charge in [0.1, 0.15) is 11.6 Å². The van der Waals surface area contributed by atoms with Crippen LogP contribution in [0.5, 0.6) is 0 Å². The summed E-state index contributed by atoms with van der Waals surface area (Å²) in [5, 5.41) is 8.11. The number of hydrogen-bond donors (Lipinski definition) is 1. The second-order valence-electron chi connectivity index (χ2n) is 6.35. The zero-order valence-electron chi connectivity index (χ0n) is 13.4. The van der Waals surface area contributed by atoms with Gasteiger partial charge < -0.3 is 5.32 Å². The molecule has 3 heterocycles. The molecule has 0 spiro atoms. The van der Waals surface area contributed by atoms with Crippen LogP contribution in [0.3, 0.4) is 0 Å². The summed E-state index contributed by atoms with van der Waals surface area (Å²) in [5.74, 6) is 3.22. The molecule has 0 unspecified atom stereocenters. The normalized spacial score (nSPS) is 17.4. The zero-order chi connectivity index (χ0) is 15.8. The number of fused-ring (bicyclic) bond motifs is 2. The maximum absolute atomic E-state index is 4.64. The van der Waals surface area contributed by atoms with Crippen molar-refractivity contribution >= 4 is 16.9 Å². The van der Waals surface area contributed by atoms with Crippen LogP contribution in [0.2, 0.25) is 0 Å². The molecule has 0 radical (unpaired) electrons. The number of benzene rings is 1. The van der Waals surface area contributed by atoms with E-state index in [4.69, 9.17) is 0 Å². The average Bonchev–Trinajstić information content (AvgIpc) is 2.98. The van der Waals surface area contributed by atoms with Gasteiger partial charge in [0.25, 0.3) is 0 Å². The molecule has 1 aliphatic heterocycles. The van der Waals surface area contributed by atoms with E-state index in [9.17, 15) is 0 Å². The van der Waals surface area contributed by atoms with Crippen molar-refractivity contribution in [3.63, 3.8) is 0 Å². The van der Waals surface area contributed by atoms with Crippen molar-refractivity contribution in [3.05, 3.63) is 42.1 Å². The summed E-state index contributed by atoms with van der Waals surface area (Å²) in [5.41, 5.74) is 1.83. The minimum absolute atomic E-state index is 0.305. The van der Waals surface area contributed by atoms with Crippen molar-refractivity contribution in [3.8, 4) is 0 Å². The third-order valence-corrected chi connectivity index (χ3v) is 4.19. The van der Waals surface area contributed by atoms with Crippen LogP contribution in [-0.2, 0) is 13.0 Å². The molecule has 0 amide bonds. The lowest BCUT2D eigenvalue weighted by Crippen LogP contribution is -2.32. The fourth-order valence-electron chi connectivity index (χ4n) is 2.93. The van der Waals surface area contributed by atoms with Gasteiger partial charge in [-0.1, -0.05) is 26.0 Å². The van der Waals surface area contributed by atoms with Gasteiger partial charge in [0.15, 0.2) is 5.82 Å². The topological polar surface area (TPSA) is 68.5 Å². The molecule has 1 aromatic carbocycles. The number of nitrogens with zero attached hydrogens (tertiary/aromatic N) is 5. The first kappa shape index (κ1) is 14.1. The highest BCUT2D eigenvalue weighted by atomic mass is 15.4. The van der Waals surface area contributed by atoms with Crippen LogP contribution in [0, 0.1) is 0 Å². The van der Waals surface area contributed by atoms with E-state index in [0.717, 1.165) is 47.9 Å². The molecule has 0 aliphatic carbocycles. The average molecular weight is 308 g/mol. The van der Waals surface area contributed by atoms with Crippen LogP contribution < -0.4 is 5.32 Å². The van der Waals surface area contributed by atoms with Crippen LogP contribution in [-0.4, -0.2) is 30.8 Å². The fraction of sp³-hybridized carbons (Fsp3) is 0.412. The SMILES string of the molecule is CC(C)c1nc2n(n1)C[C@@H](Nc1cnc3ccccc3n1)CC2. The molecular weight excluding hydrogens is 288 g/mol. The van der Waals surface area contributed by atoms with Crippen molar-refractivity contribution in [2.45, 2.75) is 45.2 Å². The summed E-state index contributed by atoms with van der Waals surface area (Å²) in [7, 11) is 0. The van der Waals surface area contributed by atoms with E-state index < -0.39 is 0 Å². The molecule has 0 saturated heterocycles. The van der Waals surface area contributed by atoms with Gasteiger partial charge in [-0.05, 0) is 18.6 Å². The van der Waals surface area contributed by atoms with Gasteiger partial charge in [0, 0.05) is 18.4 Å². The van der Waals surface area contributed by atoms with Crippen molar-refractivity contribution in [2.24, 2.45) is 0 Å². The standard InChI is InChI=1S/C17H20N6/c1-11(2)17-21-16-8-7-12(10-23(16)22-17)19-15-9-18-13-5-3-4-6-14(13)20-15/h3-6,9,11-12H,7-8,10H2,1-2H3,(H,19,20)/t12-/m0/s1. The van der Waals surface area contributed by atoms with Gasteiger partial charge in [-0.15, -0.1) is 0 Å². The van der Waals surface area contributed by atoms with E-state index in [1.54, 1.807) is 6.20 Å². The molecule has 1 aliphatic rings. The van der Waals surface area contributed by atoms with E-state index in [1.807, 2.05) is 28.9 Å². The highest BCUT2D eigenvalue weighted by Gasteiger charge is 2.22. The Balaban J connectivity index is 1.52. The molecule has 1 N–H and O–H groups in total. The Bertz CT molecular complexity index is 838. The summed E-state index contributed by atoms with van der Waals surface area (Å²) in [6.45, 7) is 5.08. The highest BCUT2D eigenvalue weighted by Crippen LogP contribution is 2.20. The maximum atomic E-state index is 4.64. The number of rotatable bonds is 3. The van der Waals surface area contributed by atoms with Crippen molar-refractivity contribution in [1.82, 2.24) is 24.7 Å². The summed E-state index contributed by atoms with van der Waals surface area (Å²) < 4.78 is 2.03. The predicted molar refractivity (Wildman–Crippen MR) is 89.4 cm³/mol. The molecule has 23 heavy (non-hydrogen) atoms. The van der Waals surface area contributed by atoms with Crippen molar-refractivity contribution in [1.29, 1.82) is 0 Å². The highest BCUT2D eigenvalue weighted by molar-refractivity contribution is 5.75. The third kappa shape index (κ3) is 2.76. The Labute approximate surface area is 135 Å². The van der Waals surface area contributed by atoms with Crippen molar-refractivity contribution < 1.29 is 0 Å². The molecule has 6 nitrogen and oxygen atoms in total. The van der Waals surface area contributed by atoms with Gasteiger partial charge in [-0.25, -0.2) is 14.6 Å². The second kappa shape index (κ2) is 5.61. The third-order valence-electron chi connectivity index (χ3n) is 4.19. The lowest BCUT2D eigenvalue weighted by atomic mass is 10.1. The summed E-state index contributed by atoms with van der Waals surface area (Å²) in [6.07, 6.45) is 3.78. The molecule has 3 aromatic rings. The van der Waals surface area contributed by atoms with E-state index in [2.05, 4.69) is 39.2 Å². The first-order chi connectivity index (χ1) is 11.2. The lowest BCUT2D eigenvalue weighted by molar-refractivity contribution is 0.439. The van der Waals surface area contributed by atoms with Crippen LogP contribution in [0.25, 0.3) is 11.0 Å². The molecule has 6 heteroatoms. The minimum atomic E-state index is 0.305. The van der Waals surface area contributed by atoms with Crippen LogP contribution >= 0.6 is 0 Å². The number of hydrogen-bond acceptors (Lipinski definition) is 5. The zero-order valence-corrected chi connectivity index (χ0v) is 13.4. The summed E-state index contributed by atoms with van der Waals surface area (Å²) in [6, 6.07) is 8.22. The number of anilines is 1. The lowest BCUT2D eigenvalue weighted by Gasteiger charge is -2.23. The first-order valence-electron chi connectivity index (χ1n) is 8.11. The number of para-hydroxylation sites is 2. The molecule has 2 aromatic heterocycles. The monoisotopic (exact) mass is 308 g/mol. The van der Waals surface area contributed by atoms with Crippen LogP contribution in [0.4, 0.5) is 5.82 Å². The smallest absolute Gasteiger partial charge is 0.153 e. The number of aryl methyl sites for hydroxylation is 1. The Hall–Kier alpha value is -2.50. The molecule has 4 rings (SSSR count). The Morgan fingerprint density at radius 2 is 2.00 bits per heavy atom. The molecule has 0 bridgehead atoms.